The minimum absolute atomic E-state index is 0.118. The fourth-order valence-corrected chi connectivity index (χ4v) is 1.77. The van der Waals surface area contributed by atoms with Crippen LogP contribution in [0.3, 0.4) is 0 Å². The van der Waals surface area contributed by atoms with Crippen molar-refractivity contribution in [3.63, 3.8) is 0 Å². The molecule has 0 radical (unpaired) electrons. The summed E-state index contributed by atoms with van der Waals surface area (Å²) in [5.41, 5.74) is 6.42. The number of benzene rings is 1. The number of rotatable bonds is 6. The highest BCUT2D eigenvalue weighted by atomic mass is 16.5. The van der Waals surface area contributed by atoms with Gasteiger partial charge in [-0.3, -0.25) is 4.79 Å². The summed E-state index contributed by atoms with van der Waals surface area (Å²) in [6.07, 6.45) is 0.852. The zero-order valence-corrected chi connectivity index (χ0v) is 11.4. The van der Waals surface area contributed by atoms with Gasteiger partial charge in [0.25, 0.3) is 0 Å². The van der Waals surface area contributed by atoms with Crippen LogP contribution in [0.1, 0.15) is 30.6 Å². The van der Waals surface area contributed by atoms with Gasteiger partial charge in [0, 0.05) is 0 Å². The van der Waals surface area contributed by atoms with Crippen LogP contribution in [0.4, 0.5) is 0 Å². The Balaban J connectivity index is 3.18. The fraction of sp³-hybridized carbons (Fsp3) is 0.500. The van der Waals surface area contributed by atoms with Crippen molar-refractivity contribution in [1.29, 1.82) is 0 Å². The number of carbonyl (C=O) groups excluding carboxylic acids is 1. The van der Waals surface area contributed by atoms with Gasteiger partial charge in [-0.1, -0.05) is 26.3 Å². The van der Waals surface area contributed by atoms with Crippen LogP contribution < -0.4 is 15.2 Å². The molecule has 0 amide bonds. The van der Waals surface area contributed by atoms with E-state index in [9.17, 15) is 4.79 Å². The van der Waals surface area contributed by atoms with E-state index in [4.69, 9.17) is 15.2 Å². The molecule has 2 atom stereocenters. The zero-order valence-electron chi connectivity index (χ0n) is 11.4. The van der Waals surface area contributed by atoms with E-state index in [1.54, 1.807) is 18.2 Å². The van der Waals surface area contributed by atoms with Crippen molar-refractivity contribution in [3.8, 4) is 11.5 Å². The molecule has 0 aliphatic carbocycles. The third-order valence-electron chi connectivity index (χ3n) is 3.23. The number of hydrogen-bond acceptors (Lipinski definition) is 4. The van der Waals surface area contributed by atoms with Crippen LogP contribution in [0, 0.1) is 5.92 Å². The SMILES string of the molecule is CCC(C)C(N)C(=O)c1c(OC)cccc1OC. The zero-order chi connectivity index (χ0) is 13.7. The molecule has 0 aliphatic heterocycles. The number of ketones is 1. The minimum atomic E-state index is -0.541. The van der Waals surface area contributed by atoms with Crippen molar-refractivity contribution in [2.24, 2.45) is 11.7 Å². The molecule has 0 bridgehead atoms. The first kappa shape index (κ1) is 14.5. The van der Waals surface area contributed by atoms with Crippen LogP contribution in [0.15, 0.2) is 18.2 Å². The Hall–Kier alpha value is -1.55. The van der Waals surface area contributed by atoms with Crippen molar-refractivity contribution in [3.05, 3.63) is 23.8 Å². The fourth-order valence-electron chi connectivity index (χ4n) is 1.77. The van der Waals surface area contributed by atoms with Crippen LogP contribution in [0.2, 0.25) is 0 Å². The van der Waals surface area contributed by atoms with Crippen LogP contribution in [-0.2, 0) is 0 Å². The van der Waals surface area contributed by atoms with Crippen molar-refractivity contribution >= 4 is 5.78 Å². The quantitative estimate of drug-likeness (QED) is 0.788. The Bertz CT molecular complexity index is 395. The third kappa shape index (κ3) is 2.82. The highest BCUT2D eigenvalue weighted by molar-refractivity contribution is 6.04. The molecule has 0 aromatic heterocycles. The number of methoxy groups -OCH3 is 2. The molecule has 1 aromatic rings. The Labute approximate surface area is 108 Å². The molecule has 2 unspecified atom stereocenters. The first-order chi connectivity index (χ1) is 8.56. The molecule has 0 saturated heterocycles. The van der Waals surface area contributed by atoms with Crippen LogP contribution in [-0.4, -0.2) is 26.0 Å². The largest absolute Gasteiger partial charge is 0.496 e. The summed E-state index contributed by atoms with van der Waals surface area (Å²) in [6.45, 7) is 3.97. The molecule has 4 heteroatoms. The first-order valence-corrected chi connectivity index (χ1v) is 6.07. The summed E-state index contributed by atoms with van der Waals surface area (Å²) in [6, 6.07) is 4.71. The molecule has 2 N–H and O–H groups in total. The lowest BCUT2D eigenvalue weighted by molar-refractivity contribution is 0.0928. The molecular formula is C14H21NO3. The second-order valence-corrected chi connectivity index (χ2v) is 4.31. The third-order valence-corrected chi connectivity index (χ3v) is 3.23. The van der Waals surface area contributed by atoms with Gasteiger partial charge in [0.2, 0.25) is 0 Å². The van der Waals surface area contributed by atoms with Crippen molar-refractivity contribution < 1.29 is 14.3 Å². The topological polar surface area (TPSA) is 61.6 Å². The second kappa shape index (κ2) is 6.40. The standard InChI is InChI=1S/C14H21NO3/c1-5-9(2)13(15)14(16)12-10(17-3)7-6-8-11(12)18-4/h6-9,13H,5,15H2,1-4H3. The predicted octanol–water partition coefficient (Wildman–Crippen LogP) is 2.26. The van der Waals surface area contributed by atoms with Gasteiger partial charge in [-0.25, -0.2) is 0 Å². The van der Waals surface area contributed by atoms with Crippen molar-refractivity contribution in [1.82, 2.24) is 0 Å². The normalized spacial score (nSPS) is 13.8. The van der Waals surface area contributed by atoms with Gasteiger partial charge < -0.3 is 15.2 Å². The van der Waals surface area contributed by atoms with Crippen molar-refractivity contribution in [2.75, 3.05) is 14.2 Å². The molecule has 4 nitrogen and oxygen atoms in total. The summed E-state index contributed by atoms with van der Waals surface area (Å²) >= 11 is 0. The maximum atomic E-state index is 12.4. The summed E-state index contributed by atoms with van der Waals surface area (Å²) in [5, 5.41) is 0. The molecule has 1 aromatic carbocycles. The average Bonchev–Trinajstić information content (AvgIpc) is 2.43. The number of nitrogens with two attached hydrogens (primary N) is 1. The molecule has 0 fully saturated rings. The molecule has 18 heavy (non-hydrogen) atoms. The molecule has 1 rings (SSSR count). The number of hydrogen-bond donors (Lipinski definition) is 1. The monoisotopic (exact) mass is 251 g/mol. The lowest BCUT2D eigenvalue weighted by Crippen LogP contribution is -2.37. The van der Waals surface area contributed by atoms with E-state index in [0.29, 0.717) is 17.1 Å². The molecule has 0 aliphatic rings. The molecule has 0 spiro atoms. The van der Waals surface area contributed by atoms with E-state index >= 15 is 0 Å². The Kier molecular flexibility index (Phi) is 5.16. The number of ether oxygens (including phenoxy) is 2. The molecular weight excluding hydrogens is 230 g/mol. The van der Waals surface area contributed by atoms with E-state index in [0.717, 1.165) is 6.42 Å². The Morgan fingerprint density at radius 3 is 2.17 bits per heavy atom. The van der Waals surface area contributed by atoms with E-state index in [1.807, 2.05) is 13.8 Å². The Morgan fingerprint density at radius 2 is 1.78 bits per heavy atom. The smallest absolute Gasteiger partial charge is 0.187 e. The molecule has 0 heterocycles. The minimum Gasteiger partial charge on any atom is -0.496 e. The highest BCUT2D eigenvalue weighted by Gasteiger charge is 2.26. The van der Waals surface area contributed by atoms with Gasteiger partial charge in [-0.2, -0.15) is 0 Å². The number of carbonyl (C=O) groups is 1. The predicted molar refractivity (Wildman–Crippen MR) is 71.3 cm³/mol. The summed E-state index contributed by atoms with van der Waals surface area (Å²) in [5.74, 6) is 0.974. The van der Waals surface area contributed by atoms with E-state index in [1.165, 1.54) is 14.2 Å². The molecule has 100 valence electrons. The summed E-state index contributed by atoms with van der Waals surface area (Å²) < 4.78 is 10.4. The highest BCUT2D eigenvalue weighted by Crippen LogP contribution is 2.30. The van der Waals surface area contributed by atoms with Gasteiger partial charge in [-0.05, 0) is 18.1 Å². The Morgan fingerprint density at radius 1 is 1.28 bits per heavy atom. The van der Waals surface area contributed by atoms with E-state index < -0.39 is 6.04 Å². The lowest BCUT2D eigenvalue weighted by Gasteiger charge is -2.19. The average molecular weight is 251 g/mol. The summed E-state index contributed by atoms with van der Waals surface area (Å²) in [7, 11) is 3.06. The first-order valence-electron chi connectivity index (χ1n) is 6.07. The van der Waals surface area contributed by atoms with Gasteiger partial charge >= 0.3 is 0 Å². The van der Waals surface area contributed by atoms with Crippen molar-refractivity contribution in [2.45, 2.75) is 26.3 Å². The number of Topliss-reactive ketones (excluding diaryl/α,β-unsaturated/α-hetero) is 1. The van der Waals surface area contributed by atoms with Gasteiger partial charge in [0.15, 0.2) is 5.78 Å². The van der Waals surface area contributed by atoms with Crippen LogP contribution >= 0.6 is 0 Å². The van der Waals surface area contributed by atoms with Gasteiger partial charge in [0.1, 0.15) is 17.1 Å². The second-order valence-electron chi connectivity index (χ2n) is 4.31. The van der Waals surface area contributed by atoms with E-state index in [2.05, 4.69) is 0 Å². The molecule has 0 saturated carbocycles. The maximum absolute atomic E-state index is 12.4. The lowest BCUT2D eigenvalue weighted by atomic mass is 9.92. The summed E-state index contributed by atoms with van der Waals surface area (Å²) in [4.78, 5) is 12.4. The van der Waals surface area contributed by atoms with Crippen LogP contribution in [0.5, 0.6) is 11.5 Å². The van der Waals surface area contributed by atoms with Crippen LogP contribution in [0.25, 0.3) is 0 Å². The van der Waals surface area contributed by atoms with Gasteiger partial charge in [0.05, 0.1) is 20.3 Å². The maximum Gasteiger partial charge on any atom is 0.187 e. The van der Waals surface area contributed by atoms with E-state index in [-0.39, 0.29) is 11.7 Å². The van der Waals surface area contributed by atoms with Gasteiger partial charge in [-0.15, -0.1) is 0 Å².